The molecular formula is C71H128O6. The van der Waals surface area contributed by atoms with Crippen LogP contribution in [0.1, 0.15) is 355 Å². The van der Waals surface area contributed by atoms with Crippen LogP contribution >= 0.6 is 0 Å². The Balaban J connectivity index is 4.35. The van der Waals surface area contributed by atoms with Gasteiger partial charge in [-0.3, -0.25) is 14.4 Å². The molecule has 0 aromatic carbocycles. The number of carbonyl (C=O) groups excluding carboxylic acids is 3. The fraction of sp³-hybridized carbons (Fsp3) is 0.817. The molecule has 0 aliphatic heterocycles. The van der Waals surface area contributed by atoms with Crippen molar-refractivity contribution >= 4 is 17.9 Å². The van der Waals surface area contributed by atoms with Gasteiger partial charge in [0.25, 0.3) is 0 Å². The summed E-state index contributed by atoms with van der Waals surface area (Å²) in [5.74, 6) is -0.881. The largest absolute Gasteiger partial charge is 0.462 e. The summed E-state index contributed by atoms with van der Waals surface area (Å²) in [6.45, 7) is 6.56. The first-order valence-corrected chi connectivity index (χ1v) is 33.8. The van der Waals surface area contributed by atoms with Gasteiger partial charge in [-0.05, 0) is 83.5 Å². The molecule has 0 N–H and O–H groups in total. The van der Waals surface area contributed by atoms with Crippen molar-refractivity contribution in [2.24, 2.45) is 0 Å². The zero-order valence-electron chi connectivity index (χ0n) is 51.5. The molecule has 0 amide bonds. The van der Waals surface area contributed by atoms with E-state index in [0.29, 0.717) is 19.3 Å². The molecule has 0 heterocycles. The normalized spacial score (nSPS) is 12.4. The molecule has 0 aromatic heterocycles. The highest BCUT2D eigenvalue weighted by Gasteiger charge is 2.19. The Hall–Kier alpha value is -2.89. The average Bonchev–Trinajstić information content (AvgIpc) is 3.43. The van der Waals surface area contributed by atoms with Crippen LogP contribution < -0.4 is 0 Å². The van der Waals surface area contributed by atoms with Crippen molar-refractivity contribution in [2.45, 2.75) is 361 Å². The third-order valence-corrected chi connectivity index (χ3v) is 15.0. The van der Waals surface area contributed by atoms with E-state index in [0.717, 1.165) is 96.3 Å². The first-order valence-electron chi connectivity index (χ1n) is 33.8. The molecule has 448 valence electrons. The SMILES string of the molecule is CC/C=C\C/C=C\C/C=C\C/C=C\CCCCCCC(=O)OC[C@H](COC(=O)CCCCCCCCCCCCC/C=C\CCCCCCCC)OC(=O)CCCCCCCCCCCCCCCCCCCCCCC. The standard InChI is InChI=1S/C71H128O6/c1-4-7-10-13-16-19-22-25-28-31-33-35-37-40-43-46-49-52-55-58-61-64-70(73)76-67-68(66-75-69(72)63-60-57-54-51-48-45-42-39-30-27-24-21-18-15-12-9-6-3)77-71(74)65-62-59-56-53-50-47-44-41-38-36-34-32-29-26-23-20-17-14-11-8-5-2/h9,12,18,21,25,27-28,30,42,45,68H,4-8,10-11,13-17,19-20,22-24,26,29,31-41,43-44,46-67H2,1-3H3/b12-9-,21-18-,28-25-,30-27-,45-42-/t68-/m1/s1. The summed E-state index contributed by atoms with van der Waals surface area (Å²) in [5.41, 5.74) is 0. The molecular weight excluding hydrogens is 949 g/mol. The number of hydrogen-bond acceptors (Lipinski definition) is 6. The summed E-state index contributed by atoms with van der Waals surface area (Å²) in [6, 6.07) is 0. The van der Waals surface area contributed by atoms with Gasteiger partial charge in [0.2, 0.25) is 0 Å². The molecule has 77 heavy (non-hydrogen) atoms. The third kappa shape index (κ3) is 63.8. The van der Waals surface area contributed by atoms with Crippen LogP contribution in [0.3, 0.4) is 0 Å². The highest BCUT2D eigenvalue weighted by atomic mass is 16.6. The Morgan fingerprint density at radius 2 is 0.506 bits per heavy atom. The number of rotatable bonds is 62. The molecule has 0 fully saturated rings. The fourth-order valence-electron chi connectivity index (χ4n) is 9.96. The molecule has 0 aliphatic rings. The summed E-state index contributed by atoms with van der Waals surface area (Å²) >= 11 is 0. The van der Waals surface area contributed by atoms with Gasteiger partial charge in [-0.1, -0.05) is 313 Å². The van der Waals surface area contributed by atoms with Gasteiger partial charge in [0.05, 0.1) is 0 Å². The summed E-state index contributed by atoms with van der Waals surface area (Å²) in [6.07, 6.45) is 83.8. The molecule has 6 heteroatoms. The van der Waals surface area contributed by atoms with E-state index in [9.17, 15) is 14.4 Å². The zero-order chi connectivity index (χ0) is 55.7. The highest BCUT2D eigenvalue weighted by Crippen LogP contribution is 2.18. The number of ether oxygens (including phenoxy) is 3. The van der Waals surface area contributed by atoms with Crippen molar-refractivity contribution < 1.29 is 28.6 Å². The molecule has 0 saturated carbocycles. The molecule has 6 nitrogen and oxygen atoms in total. The Morgan fingerprint density at radius 1 is 0.273 bits per heavy atom. The van der Waals surface area contributed by atoms with E-state index in [1.165, 1.54) is 218 Å². The van der Waals surface area contributed by atoms with E-state index < -0.39 is 6.10 Å². The maximum absolute atomic E-state index is 12.9. The van der Waals surface area contributed by atoms with Crippen molar-refractivity contribution in [2.75, 3.05) is 13.2 Å². The van der Waals surface area contributed by atoms with Crippen LogP contribution in [-0.2, 0) is 28.6 Å². The average molecular weight is 1080 g/mol. The Labute approximate surface area is 479 Å². The van der Waals surface area contributed by atoms with Crippen molar-refractivity contribution in [3.8, 4) is 0 Å². The first-order chi connectivity index (χ1) is 38.0. The van der Waals surface area contributed by atoms with E-state index in [4.69, 9.17) is 14.2 Å². The van der Waals surface area contributed by atoms with Crippen molar-refractivity contribution in [1.82, 2.24) is 0 Å². The minimum absolute atomic E-state index is 0.0790. The molecule has 0 aromatic rings. The molecule has 0 spiro atoms. The van der Waals surface area contributed by atoms with Gasteiger partial charge in [0.1, 0.15) is 13.2 Å². The van der Waals surface area contributed by atoms with Crippen molar-refractivity contribution in [1.29, 1.82) is 0 Å². The lowest BCUT2D eigenvalue weighted by molar-refractivity contribution is -0.167. The molecule has 0 radical (unpaired) electrons. The topological polar surface area (TPSA) is 78.9 Å². The first kappa shape index (κ1) is 74.1. The Morgan fingerprint density at radius 3 is 0.805 bits per heavy atom. The molecule has 0 rings (SSSR count). The minimum Gasteiger partial charge on any atom is -0.462 e. The maximum Gasteiger partial charge on any atom is 0.306 e. The second kappa shape index (κ2) is 65.6. The lowest BCUT2D eigenvalue weighted by atomic mass is 10.0. The van der Waals surface area contributed by atoms with Crippen LogP contribution in [-0.4, -0.2) is 37.2 Å². The van der Waals surface area contributed by atoms with E-state index in [2.05, 4.69) is 81.5 Å². The van der Waals surface area contributed by atoms with Crippen LogP contribution in [0, 0.1) is 0 Å². The van der Waals surface area contributed by atoms with Gasteiger partial charge in [-0.2, -0.15) is 0 Å². The van der Waals surface area contributed by atoms with Crippen molar-refractivity contribution in [3.05, 3.63) is 60.8 Å². The highest BCUT2D eigenvalue weighted by molar-refractivity contribution is 5.71. The number of carbonyl (C=O) groups is 3. The van der Waals surface area contributed by atoms with Gasteiger partial charge in [-0.15, -0.1) is 0 Å². The van der Waals surface area contributed by atoms with Crippen LogP contribution in [0.4, 0.5) is 0 Å². The number of allylic oxidation sites excluding steroid dienone is 10. The van der Waals surface area contributed by atoms with Gasteiger partial charge in [0.15, 0.2) is 6.10 Å². The number of hydrogen-bond donors (Lipinski definition) is 0. The van der Waals surface area contributed by atoms with Gasteiger partial charge < -0.3 is 14.2 Å². The van der Waals surface area contributed by atoms with Crippen LogP contribution in [0.25, 0.3) is 0 Å². The van der Waals surface area contributed by atoms with Crippen LogP contribution in [0.5, 0.6) is 0 Å². The summed E-state index contributed by atoms with van der Waals surface area (Å²) in [4.78, 5) is 38.4. The van der Waals surface area contributed by atoms with Crippen LogP contribution in [0.15, 0.2) is 60.8 Å². The molecule has 0 bridgehead atoms. The van der Waals surface area contributed by atoms with E-state index in [-0.39, 0.29) is 31.1 Å². The Bertz CT molecular complexity index is 1380. The predicted octanol–water partition coefficient (Wildman–Crippen LogP) is 23.1. The van der Waals surface area contributed by atoms with Gasteiger partial charge >= 0.3 is 17.9 Å². The second-order valence-corrected chi connectivity index (χ2v) is 22.7. The van der Waals surface area contributed by atoms with E-state index in [1.807, 2.05) is 0 Å². The molecule has 0 aliphatic carbocycles. The quantitative estimate of drug-likeness (QED) is 0.0261. The lowest BCUT2D eigenvalue weighted by Crippen LogP contribution is -2.30. The second-order valence-electron chi connectivity index (χ2n) is 22.7. The zero-order valence-corrected chi connectivity index (χ0v) is 51.5. The maximum atomic E-state index is 12.9. The number of esters is 3. The minimum atomic E-state index is -0.784. The molecule has 0 unspecified atom stereocenters. The summed E-state index contributed by atoms with van der Waals surface area (Å²) in [7, 11) is 0. The smallest absolute Gasteiger partial charge is 0.306 e. The predicted molar refractivity (Wildman–Crippen MR) is 335 cm³/mol. The molecule has 1 atom stereocenters. The van der Waals surface area contributed by atoms with Gasteiger partial charge in [-0.25, -0.2) is 0 Å². The number of unbranched alkanes of at least 4 members (excludes halogenated alkanes) is 41. The van der Waals surface area contributed by atoms with Crippen LogP contribution in [0.2, 0.25) is 0 Å². The lowest BCUT2D eigenvalue weighted by Gasteiger charge is -2.18. The third-order valence-electron chi connectivity index (χ3n) is 15.0. The monoisotopic (exact) mass is 1080 g/mol. The van der Waals surface area contributed by atoms with Crippen molar-refractivity contribution in [3.63, 3.8) is 0 Å². The fourth-order valence-corrected chi connectivity index (χ4v) is 9.96. The summed E-state index contributed by atoms with van der Waals surface area (Å²) in [5, 5.41) is 0. The van der Waals surface area contributed by atoms with E-state index >= 15 is 0 Å². The summed E-state index contributed by atoms with van der Waals surface area (Å²) < 4.78 is 17.0. The Kier molecular flexibility index (Phi) is 63.2. The molecule has 0 saturated heterocycles. The van der Waals surface area contributed by atoms with E-state index in [1.54, 1.807) is 0 Å². The van der Waals surface area contributed by atoms with Gasteiger partial charge in [0, 0.05) is 19.3 Å².